The van der Waals surface area contributed by atoms with E-state index in [1.807, 2.05) is 0 Å². The number of anilines is 1. The monoisotopic (exact) mass is 227 g/mol. The first-order chi connectivity index (χ1) is 7.47. The van der Waals surface area contributed by atoms with Crippen molar-refractivity contribution in [2.24, 2.45) is 0 Å². The van der Waals surface area contributed by atoms with E-state index >= 15 is 0 Å². The molecule has 1 aromatic carbocycles. The molecule has 0 saturated carbocycles. The first-order valence-corrected chi connectivity index (χ1v) is 4.80. The molecule has 0 unspecified atom stereocenters. The maximum atomic E-state index is 13.8. The third-order valence-electron chi connectivity index (χ3n) is 1.89. The Kier molecular flexibility index (Phi) is 3.71. The number of hydrogen-bond donors (Lipinski definition) is 1. The second-order valence-electron chi connectivity index (χ2n) is 3.50. The van der Waals surface area contributed by atoms with Gasteiger partial charge in [-0.2, -0.15) is 0 Å². The number of carbonyl (C=O) groups excluding carboxylic acids is 1. The minimum absolute atomic E-state index is 0.00963. The Balaban J connectivity index is 3.21. The summed E-state index contributed by atoms with van der Waals surface area (Å²) in [5.74, 6) is -1.62. The molecule has 0 aromatic heterocycles. The summed E-state index contributed by atoms with van der Waals surface area (Å²) in [6.07, 6.45) is -0.191. The lowest BCUT2D eigenvalue weighted by Gasteiger charge is -2.13. The van der Waals surface area contributed by atoms with Gasteiger partial charge in [0.15, 0.2) is 11.6 Å². The van der Waals surface area contributed by atoms with E-state index < -0.39 is 11.8 Å². The highest BCUT2D eigenvalue weighted by molar-refractivity contribution is 5.95. The van der Waals surface area contributed by atoms with Crippen LogP contribution >= 0.6 is 0 Å². The van der Waals surface area contributed by atoms with E-state index in [2.05, 4.69) is 4.74 Å². The number of ether oxygens (including phenoxy) is 2. The van der Waals surface area contributed by atoms with Gasteiger partial charge in [-0.15, -0.1) is 0 Å². The fraction of sp³-hybridized carbons (Fsp3) is 0.364. The molecule has 0 aliphatic heterocycles. The second kappa shape index (κ2) is 4.83. The number of benzene rings is 1. The van der Waals surface area contributed by atoms with Gasteiger partial charge in [0.1, 0.15) is 5.56 Å². The molecule has 0 spiro atoms. The summed E-state index contributed by atoms with van der Waals surface area (Å²) in [7, 11) is 1.16. The fourth-order valence-electron chi connectivity index (χ4n) is 1.23. The van der Waals surface area contributed by atoms with Crippen LogP contribution in [0.15, 0.2) is 12.1 Å². The first kappa shape index (κ1) is 12.3. The first-order valence-electron chi connectivity index (χ1n) is 4.80. The summed E-state index contributed by atoms with van der Waals surface area (Å²) in [5, 5.41) is 0. The molecule has 0 amide bonds. The maximum absolute atomic E-state index is 13.8. The summed E-state index contributed by atoms with van der Waals surface area (Å²) in [5.41, 5.74) is 5.24. The van der Waals surface area contributed by atoms with Crippen molar-refractivity contribution in [1.82, 2.24) is 0 Å². The lowest BCUT2D eigenvalue weighted by Crippen LogP contribution is -2.12. The van der Waals surface area contributed by atoms with Crippen LogP contribution in [0.25, 0.3) is 0 Å². The van der Waals surface area contributed by atoms with Crippen molar-refractivity contribution in [2.75, 3.05) is 12.8 Å². The van der Waals surface area contributed by atoms with Gasteiger partial charge < -0.3 is 15.2 Å². The van der Waals surface area contributed by atoms with Crippen molar-refractivity contribution in [2.45, 2.75) is 20.0 Å². The van der Waals surface area contributed by atoms with Crippen LogP contribution in [0, 0.1) is 5.82 Å². The zero-order chi connectivity index (χ0) is 12.3. The van der Waals surface area contributed by atoms with E-state index in [9.17, 15) is 9.18 Å². The average molecular weight is 227 g/mol. The van der Waals surface area contributed by atoms with Gasteiger partial charge in [-0.05, 0) is 26.0 Å². The number of esters is 1. The minimum atomic E-state index is -0.816. The third kappa shape index (κ3) is 2.42. The zero-order valence-electron chi connectivity index (χ0n) is 9.41. The molecule has 0 radical (unpaired) electrons. The highest BCUT2D eigenvalue weighted by Gasteiger charge is 2.20. The van der Waals surface area contributed by atoms with E-state index in [1.165, 1.54) is 12.1 Å². The Morgan fingerprint density at radius 3 is 2.56 bits per heavy atom. The molecule has 88 valence electrons. The van der Waals surface area contributed by atoms with Gasteiger partial charge in [-0.25, -0.2) is 9.18 Å². The summed E-state index contributed by atoms with van der Waals surface area (Å²) in [4.78, 5) is 11.3. The van der Waals surface area contributed by atoms with Crippen molar-refractivity contribution < 1.29 is 18.7 Å². The summed E-state index contributed by atoms with van der Waals surface area (Å²) in [6, 6.07) is 2.80. The van der Waals surface area contributed by atoms with Gasteiger partial charge in [0.25, 0.3) is 0 Å². The molecule has 0 heterocycles. The van der Waals surface area contributed by atoms with Crippen LogP contribution in [0.5, 0.6) is 5.75 Å². The fourth-order valence-corrected chi connectivity index (χ4v) is 1.23. The Morgan fingerprint density at radius 1 is 1.44 bits per heavy atom. The van der Waals surface area contributed by atoms with Crippen molar-refractivity contribution in [3.8, 4) is 5.75 Å². The highest BCUT2D eigenvalue weighted by Crippen LogP contribution is 2.26. The molecule has 1 aromatic rings. The van der Waals surface area contributed by atoms with Crippen LogP contribution in [-0.2, 0) is 4.74 Å². The smallest absolute Gasteiger partial charge is 0.343 e. The quantitative estimate of drug-likeness (QED) is 0.633. The second-order valence-corrected chi connectivity index (χ2v) is 3.50. The van der Waals surface area contributed by atoms with E-state index in [0.717, 1.165) is 7.11 Å². The van der Waals surface area contributed by atoms with Crippen LogP contribution in [0.4, 0.5) is 10.1 Å². The van der Waals surface area contributed by atoms with Gasteiger partial charge >= 0.3 is 5.97 Å². The molecule has 2 N–H and O–H groups in total. The summed E-state index contributed by atoms with van der Waals surface area (Å²) in [6.45, 7) is 3.52. The standard InChI is InChI=1S/C11H14FNO3/c1-6(2)16-8-5-4-7(13)9(10(8)12)11(14)15-3/h4-6H,13H2,1-3H3. The van der Waals surface area contributed by atoms with Crippen molar-refractivity contribution in [3.05, 3.63) is 23.5 Å². The molecule has 16 heavy (non-hydrogen) atoms. The number of rotatable bonds is 3. The molecule has 1 rings (SSSR count). The Morgan fingerprint density at radius 2 is 2.06 bits per heavy atom. The predicted molar refractivity (Wildman–Crippen MR) is 57.9 cm³/mol. The minimum Gasteiger partial charge on any atom is -0.488 e. The van der Waals surface area contributed by atoms with Gasteiger partial charge in [-0.1, -0.05) is 0 Å². The topological polar surface area (TPSA) is 61.5 Å². The van der Waals surface area contributed by atoms with E-state index in [4.69, 9.17) is 10.5 Å². The SMILES string of the molecule is COC(=O)c1c(N)ccc(OC(C)C)c1F. The number of halogens is 1. The molecule has 0 fully saturated rings. The predicted octanol–water partition coefficient (Wildman–Crippen LogP) is 1.98. The Hall–Kier alpha value is -1.78. The zero-order valence-corrected chi connectivity index (χ0v) is 9.41. The van der Waals surface area contributed by atoms with Crippen LogP contribution in [0.1, 0.15) is 24.2 Å². The van der Waals surface area contributed by atoms with Gasteiger partial charge in [0, 0.05) is 5.69 Å². The van der Waals surface area contributed by atoms with Crippen molar-refractivity contribution in [1.29, 1.82) is 0 Å². The third-order valence-corrected chi connectivity index (χ3v) is 1.89. The van der Waals surface area contributed by atoms with Crippen LogP contribution in [0.2, 0.25) is 0 Å². The average Bonchev–Trinajstić information content (AvgIpc) is 2.21. The van der Waals surface area contributed by atoms with Gasteiger partial charge in [0.05, 0.1) is 13.2 Å². The lowest BCUT2D eigenvalue weighted by molar-refractivity contribution is 0.0595. The van der Waals surface area contributed by atoms with Crippen LogP contribution < -0.4 is 10.5 Å². The lowest BCUT2D eigenvalue weighted by atomic mass is 10.1. The van der Waals surface area contributed by atoms with Gasteiger partial charge in [-0.3, -0.25) is 0 Å². The van der Waals surface area contributed by atoms with Gasteiger partial charge in [0.2, 0.25) is 0 Å². The van der Waals surface area contributed by atoms with E-state index in [0.29, 0.717) is 0 Å². The van der Waals surface area contributed by atoms with Crippen molar-refractivity contribution in [3.63, 3.8) is 0 Å². The number of hydrogen-bond acceptors (Lipinski definition) is 4. The molecule has 0 atom stereocenters. The van der Waals surface area contributed by atoms with Crippen LogP contribution in [0.3, 0.4) is 0 Å². The largest absolute Gasteiger partial charge is 0.488 e. The summed E-state index contributed by atoms with van der Waals surface area (Å²) < 4.78 is 23.5. The number of carbonyl (C=O) groups is 1. The normalized spacial score (nSPS) is 10.3. The number of nitrogen functional groups attached to an aromatic ring is 1. The maximum Gasteiger partial charge on any atom is 0.343 e. The molecule has 5 heteroatoms. The molecule has 4 nitrogen and oxygen atoms in total. The molecular formula is C11H14FNO3. The van der Waals surface area contributed by atoms with E-state index in [-0.39, 0.29) is 23.1 Å². The van der Waals surface area contributed by atoms with E-state index in [1.54, 1.807) is 13.8 Å². The number of nitrogens with two attached hydrogens (primary N) is 1. The highest BCUT2D eigenvalue weighted by atomic mass is 19.1. The summed E-state index contributed by atoms with van der Waals surface area (Å²) >= 11 is 0. The molecule has 0 aliphatic rings. The van der Waals surface area contributed by atoms with Crippen LogP contribution in [-0.4, -0.2) is 19.2 Å². The Labute approximate surface area is 93.2 Å². The number of methoxy groups -OCH3 is 1. The molecule has 0 bridgehead atoms. The molecular weight excluding hydrogens is 213 g/mol. The molecule has 0 aliphatic carbocycles. The Bertz CT molecular complexity index is 404. The van der Waals surface area contributed by atoms with Crippen molar-refractivity contribution >= 4 is 11.7 Å². The molecule has 0 saturated heterocycles.